The summed E-state index contributed by atoms with van der Waals surface area (Å²) in [4.78, 5) is 0.184. The highest BCUT2D eigenvalue weighted by atomic mass is 32.2. The average molecular weight is 224 g/mol. The molecule has 0 saturated carbocycles. The van der Waals surface area contributed by atoms with Gasteiger partial charge in [0.15, 0.2) is 0 Å². The van der Waals surface area contributed by atoms with Crippen LogP contribution in [0.5, 0.6) is 0 Å². The first-order valence-corrected chi connectivity index (χ1v) is 6.03. The molecule has 5 heteroatoms. The lowest BCUT2D eigenvalue weighted by atomic mass is 10.2. The van der Waals surface area contributed by atoms with Gasteiger partial charge in [-0.15, -0.1) is 0 Å². The van der Waals surface area contributed by atoms with Gasteiger partial charge in [-0.2, -0.15) is 0 Å². The first-order valence-electron chi connectivity index (χ1n) is 4.48. The third-order valence-electron chi connectivity index (χ3n) is 2.41. The zero-order chi connectivity index (χ0) is 11.2. The molecule has 1 aromatic carbocycles. The van der Waals surface area contributed by atoms with E-state index in [1.165, 1.54) is 0 Å². The molecule has 0 radical (unpaired) electrons. The largest absolute Gasteiger partial charge is 0.349 e. The molecular formula is C10H12N2O2S. The van der Waals surface area contributed by atoms with Crippen molar-refractivity contribution in [3.05, 3.63) is 30.0 Å². The highest BCUT2D eigenvalue weighted by Crippen LogP contribution is 2.24. The summed E-state index contributed by atoms with van der Waals surface area (Å²) < 4.78 is 24.4. The van der Waals surface area contributed by atoms with Crippen LogP contribution in [-0.4, -0.2) is 13.0 Å². The molecule has 15 heavy (non-hydrogen) atoms. The molecule has 0 aliphatic carbocycles. The first kappa shape index (κ1) is 10.2. The maximum atomic E-state index is 11.3. The third kappa shape index (κ3) is 1.64. The van der Waals surface area contributed by atoms with Crippen molar-refractivity contribution in [1.82, 2.24) is 4.57 Å². The predicted molar refractivity (Wildman–Crippen MR) is 59.0 cm³/mol. The second kappa shape index (κ2) is 3.08. The molecule has 0 bridgehead atoms. The number of aromatic nitrogens is 1. The number of sulfonamides is 1. The number of fused-ring (bicyclic) bond motifs is 1. The maximum absolute atomic E-state index is 11.3. The minimum absolute atomic E-state index is 0.184. The van der Waals surface area contributed by atoms with Gasteiger partial charge in [-0.05, 0) is 19.1 Å². The van der Waals surface area contributed by atoms with Gasteiger partial charge >= 0.3 is 0 Å². The van der Waals surface area contributed by atoms with E-state index in [1.807, 2.05) is 25.1 Å². The van der Waals surface area contributed by atoms with Crippen molar-refractivity contribution >= 4 is 20.9 Å². The lowest BCUT2D eigenvalue weighted by molar-refractivity contribution is 0.598. The van der Waals surface area contributed by atoms with Gasteiger partial charge in [0.1, 0.15) is 4.90 Å². The highest BCUT2D eigenvalue weighted by molar-refractivity contribution is 7.89. The maximum Gasteiger partial charge on any atom is 0.240 e. The zero-order valence-corrected chi connectivity index (χ0v) is 9.38. The van der Waals surface area contributed by atoms with Gasteiger partial charge in [0.05, 0.1) is 0 Å². The number of aryl methyl sites for hydroxylation is 2. The summed E-state index contributed by atoms with van der Waals surface area (Å²) in [6.45, 7) is 1.92. The molecule has 2 rings (SSSR count). The van der Waals surface area contributed by atoms with Crippen LogP contribution in [0.4, 0.5) is 0 Å². The topological polar surface area (TPSA) is 65.1 Å². The summed E-state index contributed by atoms with van der Waals surface area (Å²) in [7, 11) is -1.85. The molecule has 1 heterocycles. The summed E-state index contributed by atoms with van der Waals surface area (Å²) in [6, 6.07) is 5.66. The normalized spacial score (nSPS) is 12.2. The molecule has 4 nitrogen and oxygen atoms in total. The Balaban J connectivity index is 2.94. The van der Waals surface area contributed by atoms with Crippen LogP contribution in [0.15, 0.2) is 29.3 Å². The fraction of sp³-hybridized carbons (Fsp3) is 0.200. The molecule has 0 atom stereocenters. The molecule has 0 amide bonds. The van der Waals surface area contributed by atoms with E-state index < -0.39 is 10.0 Å². The van der Waals surface area contributed by atoms with E-state index in [4.69, 9.17) is 5.14 Å². The Morgan fingerprint density at radius 3 is 2.60 bits per heavy atom. The van der Waals surface area contributed by atoms with Gasteiger partial charge < -0.3 is 4.57 Å². The smallest absolute Gasteiger partial charge is 0.240 e. The number of rotatable bonds is 1. The monoisotopic (exact) mass is 224 g/mol. The fourth-order valence-corrected chi connectivity index (χ4v) is 2.47. The van der Waals surface area contributed by atoms with Gasteiger partial charge in [0.25, 0.3) is 0 Å². The predicted octanol–water partition coefficient (Wildman–Crippen LogP) is 1.13. The lowest BCUT2D eigenvalue weighted by Crippen LogP contribution is -2.11. The highest BCUT2D eigenvalue weighted by Gasteiger charge is 2.15. The van der Waals surface area contributed by atoms with Gasteiger partial charge in [-0.1, -0.05) is 11.6 Å². The second-order valence-electron chi connectivity index (χ2n) is 3.67. The number of nitrogens with two attached hydrogens (primary N) is 1. The Bertz CT molecular complexity index is 626. The average Bonchev–Trinajstić information content (AvgIpc) is 2.42. The van der Waals surface area contributed by atoms with Gasteiger partial charge in [-0.25, -0.2) is 13.6 Å². The number of hydrogen-bond donors (Lipinski definition) is 1. The van der Waals surface area contributed by atoms with Crippen molar-refractivity contribution < 1.29 is 8.42 Å². The van der Waals surface area contributed by atoms with Crippen LogP contribution >= 0.6 is 0 Å². The van der Waals surface area contributed by atoms with Crippen molar-refractivity contribution in [1.29, 1.82) is 0 Å². The SMILES string of the molecule is Cc1ccc2c(c1)c(S(N)(=O)=O)cn2C. The molecule has 80 valence electrons. The van der Waals surface area contributed by atoms with Crippen LogP contribution in [0, 0.1) is 6.92 Å². The molecule has 0 aliphatic heterocycles. The summed E-state index contributed by atoms with van der Waals surface area (Å²) in [5.41, 5.74) is 1.88. The molecule has 0 spiro atoms. The van der Waals surface area contributed by atoms with E-state index in [9.17, 15) is 8.42 Å². The third-order valence-corrected chi connectivity index (χ3v) is 3.35. The van der Waals surface area contributed by atoms with E-state index in [0.717, 1.165) is 11.1 Å². The van der Waals surface area contributed by atoms with Crippen LogP contribution in [0.25, 0.3) is 10.9 Å². The Kier molecular flexibility index (Phi) is 2.09. The Morgan fingerprint density at radius 2 is 2.00 bits per heavy atom. The van der Waals surface area contributed by atoms with E-state index in [1.54, 1.807) is 17.8 Å². The number of nitrogens with zero attached hydrogens (tertiary/aromatic N) is 1. The summed E-state index contributed by atoms with van der Waals surface area (Å²) >= 11 is 0. The molecule has 1 aromatic heterocycles. The number of benzene rings is 1. The van der Waals surface area contributed by atoms with Gasteiger partial charge in [-0.3, -0.25) is 0 Å². The molecule has 0 fully saturated rings. The van der Waals surface area contributed by atoms with E-state index >= 15 is 0 Å². The molecular weight excluding hydrogens is 212 g/mol. The Morgan fingerprint density at radius 1 is 1.33 bits per heavy atom. The van der Waals surface area contributed by atoms with E-state index in [0.29, 0.717) is 5.39 Å². The Labute approximate surface area is 88.4 Å². The number of hydrogen-bond acceptors (Lipinski definition) is 2. The minimum Gasteiger partial charge on any atom is -0.349 e. The summed E-state index contributed by atoms with van der Waals surface area (Å²) in [6.07, 6.45) is 1.54. The molecule has 0 saturated heterocycles. The van der Waals surface area contributed by atoms with Crippen molar-refractivity contribution in [3.8, 4) is 0 Å². The standard InChI is InChI=1S/C10H12N2O2S/c1-7-3-4-9-8(5-7)10(6-12(9)2)15(11,13)14/h3-6H,1-2H3,(H2,11,13,14). The van der Waals surface area contributed by atoms with Gasteiger partial charge in [0, 0.05) is 24.1 Å². The molecule has 2 N–H and O–H groups in total. The van der Waals surface area contributed by atoms with Crippen molar-refractivity contribution in [3.63, 3.8) is 0 Å². The van der Waals surface area contributed by atoms with Gasteiger partial charge in [0.2, 0.25) is 10.0 Å². The second-order valence-corrected chi connectivity index (χ2v) is 5.20. The van der Waals surface area contributed by atoms with E-state index in [-0.39, 0.29) is 4.90 Å². The minimum atomic E-state index is -3.65. The van der Waals surface area contributed by atoms with E-state index in [2.05, 4.69) is 0 Å². The lowest BCUT2D eigenvalue weighted by Gasteiger charge is -1.97. The molecule has 0 aliphatic rings. The molecule has 2 aromatic rings. The quantitative estimate of drug-likeness (QED) is 0.789. The summed E-state index contributed by atoms with van der Waals surface area (Å²) in [5, 5.41) is 5.83. The molecule has 0 unspecified atom stereocenters. The van der Waals surface area contributed by atoms with Crippen LogP contribution < -0.4 is 5.14 Å². The van der Waals surface area contributed by atoms with Crippen LogP contribution in [-0.2, 0) is 17.1 Å². The first-order chi connectivity index (χ1) is 6.89. The fourth-order valence-electron chi connectivity index (χ4n) is 1.70. The van der Waals surface area contributed by atoms with Crippen molar-refractivity contribution in [2.24, 2.45) is 12.2 Å². The zero-order valence-electron chi connectivity index (χ0n) is 8.56. The summed E-state index contributed by atoms with van der Waals surface area (Å²) in [5.74, 6) is 0. The number of primary sulfonamides is 1. The van der Waals surface area contributed by atoms with Crippen LogP contribution in [0.3, 0.4) is 0 Å². The van der Waals surface area contributed by atoms with Crippen LogP contribution in [0.2, 0.25) is 0 Å². The Hall–Kier alpha value is -1.33. The van der Waals surface area contributed by atoms with Crippen molar-refractivity contribution in [2.45, 2.75) is 11.8 Å². The van der Waals surface area contributed by atoms with Crippen molar-refractivity contribution in [2.75, 3.05) is 0 Å². The van der Waals surface area contributed by atoms with Crippen LogP contribution in [0.1, 0.15) is 5.56 Å².